The minimum absolute atomic E-state index is 0.0223. The number of ether oxygens (including phenoxy) is 6. The average Bonchev–Trinajstić information content (AvgIpc) is 3.81. The van der Waals surface area contributed by atoms with Crippen LogP contribution in [-0.2, 0) is 62.0 Å². The molecule has 2 unspecified atom stereocenters. The third kappa shape index (κ3) is 9.95. The number of rotatable bonds is 16. The van der Waals surface area contributed by atoms with E-state index in [9.17, 15) is 43.8 Å². The molecule has 3 aromatic carbocycles. The molecule has 3 N–H and O–H groups in total. The number of fused-ring (bicyclic) bond motifs is 5. The summed E-state index contributed by atoms with van der Waals surface area (Å²) in [5.74, 6) is -8.74. The van der Waals surface area contributed by atoms with E-state index in [1.807, 2.05) is 6.92 Å². The van der Waals surface area contributed by atoms with Crippen molar-refractivity contribution in [3.63, 3.8) is 0 Å². The molecule has 4 fully saturated rings. The van der Waals surface area contributed by atoms with Gasteiger partial charge < -0.3 is 44.0 Å². The summed E-state index contributed by atoms with van der Waals surface area (Å²) in [6.45, 7) is 9.20. The number of carbonyl (C=O) groups excluding carboxylic acids is 9. The van der Waals surface area contributed by atoms with Gasteiger partial charge in [-0.2, -0.15) is 0 Å². The molecular weight excluding hydrogens is 1000 g/mol. The molecular formula is C56H62N2O17S. The number of hydrogen-bond donors (Lipinski definition) is 3. The molecule has 76 heavy (non-hydrogen) atoms. The van der Waals surface area contributed by atoms with Crippen LogP contribution in [0.4, 0.5) is 0 Å². The van der Waals surface area contributed by atoms with Crippen LogP contribution >= 0.6 is 11.8 Å². The van der Waals surface area contributed by atoms with E-state index >= 15 is 9.59 Å². The van der Waals surface area contributed by atoms with Crippen LogP contribution < -0.4 is 5.32 Å². The van der Waals surface area contributed by atoms with E-state index in [0.29, 0.717) is 5.75 Å². The zero-order valence-corrected chi connectivity index (χ0v) is 44.0. The van der Waals surface area contributed by atoms with Crippen molar-refractivity contribution >= 4 is 65.1 Å². The quantitative estimate of drug-likeness (QED) is 0.0768. The SMILES string of the molecule is CCSC1CC(=O)N(CCC(=O)O[C@@H](C(=O)O[C@H]2C[C@@]3(O)[C@@H](OC(=O)c4ccccc4)C4[C@](C)(C(=O)[C@H](OC(C)=O)C(=C2C)C3(C)C)[C@@H](O)C[C@H]2OC[C@@]42OC(C)=O)[C@@H](NC(=O)c2ccccc2)c2ccccc2)C1=O. The third-order valence-electron chi connectivity index (χ3n) is 15.8. The Morgan fingerprint density at radius 3 is 2.05 bits per heavy atom. The highest BCUT2D eigenvalue weighted by molar-refractivity contribution is 8.00. The van der Waals surface area contributed by atoms with E-state index in [1.54, 1.807) is 66.7 Å². The van der Waals surface area contributed by atoms with Gasteiger partial charge in [0, 0.05) is 50.6 Å². The Morgan fingerprint density at radius 1 is 0.855 bits per heavy atom. The highest BCUT2D eigenvalue weighted by Crippen LogP contribution is 2.64. The van der Waals surface area contributed by atoms with Crippen molar-refractivity contribution in [2.24, 2.45) is 16.7 Å². The fourth-order valence-corrected chi connectivity index (χ4v) is 12.8. The maximum absolute atomic E-state index is 15.8. The Kier molecular flexibility index (Phi) is 15.9. The predicted molar refractivity (Wildman–Crippen MR) is 269 cm³/mol. The van der Waals surface area contributed by atoms with Crippen LogP contribution in [0.2, 0.25) is 0 Å². The second-order valence-corrected chi connectivity index (χ2v) is 22.1. The van der Waals surface area contributed by atoms with E-state index in [1.165, 1.54) is 63.7 Å². The summed E-state index contributed by atoms with van der Waals surface area (Å²) in [5, 5.41) is 28.4. The molecule has 5 aliphatic rings. The second-order valence-electron chi connectivity index (χ2n) is 20.6. The minimum Gasteiger partial charge on any atom is -0.455 e. The van der Waals surface area contributed by atoms with Crippen molar-refractivity contribution in [2.45, 2.75) is 133 Å². The zero-order valence-electron chi connectivity index (χ0n) is 43.2. The first-order valence-electron chi connectivity index (χ1n) is 25.2. The van der Waals surface area contributed by atoms with E-state index in [4.69, 9.17) is 28.4 Å². The van der Waals surface area contributed by atoms with Crippen molar-refractivity contribution in [3.8, 4) is 0 Å². The van der Waals surface area contributed by atoms with Crippen molar-refractivity contribution in [1.29, 1.82) is 0 Å². The first-order valence-corrected chi connectivity index (χ1v) is 26.2. The first-order chi connectivity index (χ1) is 36.0. The molecule has 2 bridgehead atoms. The summed E-state index contributed by atoms with van der Waals surface area (Å²) in [7, 11) is 0. The molecule has 8 rings (SSSR count). The van der Waals surface area contributed by atoms with Gasteiger partial charge >= 0.3 is 29.8 Å². The fraction of sp³-hybridized carbons (Fsp3) is 0.482. The Balaban J connectivity index is 1.27. The van der Waals surface area contributed by atoms with Gasteiger partial charge in [-0.15, -0.1) is 11.8 Å². The maximum atomic E-state index is 15.8. The molecule has 2 heterocycles. The van der Waals surface area contributed by atoms with E-state index in [-0.39, 0.29) is 53.8 Å². The van der Waals surface area contributed by atoms with E-state index < -0.39 is 142 Å². The Bertz CT molecular complexity index is 2830. The topological polar surface area (TPSA) is 265 Å². The number of Topliss-reactive ketones (excluding diaryl/α,β-unsaturated/α-hetero) is 1. The standard InChI is InChI=1S/C56H62N2O17S/c1-8-76-37-26-40(62)58(50(37)66)25-24-41(63)73-45(43(33-18-12-9-13-19-33)57-49(65)34-20-14-10-15-21-34)52(68)72-36-28-56(69)48(74-51(67)35-22-16-11-17-23-35)46-54(7,38(61)27-39-55(46,29-70-39)75-32(4)60)47(64)44(71-31(3)59)42(30(36)2)53(56,5)6/h9-23,36-39,43-46,48,61,69H,8,24-29H2,1-7H3,(H,57,65)/t36-,37?,38-,39+,43-,44+,45+,46?,48-,54+,55-,56+/m0/s1. The molecule has 19 nitrogen and oxygen atoms in total. The summed E-state index contributed by atoms with van der Waals surface area (Å²) < 4.78 is 36.9. The number of thioether (sulfide) groups is 1. The minimum atomic E-state index is -2.51. The van der Waals surface area contributed by atoms with Gasteiger partial charge in [-0.05, 0) is 60.6 Å². The normalized spacial score (nSPS) is 30.2. The summed E-state index contributed by atoms with van der Waals surface area (Å²) >= 11 is 1.29. The number of benzene rings is 3. The molecule has 0 radical (unpaired) electrons. The van der Waals surface area contributed by atoms with Crippen LogP contribution in [0.5, 0.6) is 0 Å². The Hall–Kier alpha value is -6.74. The van der Waals surface area contributed by atoms with Gasteiger partial charge in [0.05, 0.1) is 41.3 Å². The Labute approximate surface area is 443 Å². The highest BCUT2D eigenvalue weighted by Gasteiger charge is 2.78. The monoisotopic (exact) mass is 1070 g/mol. The summed E-state index contributed by atoms with van der Waals surface area (Å²) in [5.41, 5.74) is -7.79. The largest absolute Gasteiger partial charge is 0.455 e. The van der Waals surface area contributed by atoms with Crippen molar-refractivity contribution < 1.29 is 81.8 Å². The van der Waals surface area contributed by atoms with Crippen LogP contribution in [0.3, 0.4) is 0 Å². The number of aliphatic hydroxyl groups is 2. The van der Waals surface area contributed by atoms with Gasteiger partial charge in [0.2, 0.25) is 17.9 Å². The number of hydrogen-bond acceptors (Lipinski definition) is 18. The molecule has 2 saturated carbocycles. The van der Waals surface area contributed by atoms with Crippen LogP contribution in [0.25, 0.3) is 0 Å². The van der Waals surface area contributed by atoms with Crippen molar-refractivity contribution in [3.05, 3.63) is 119 Å². The van der Waals surface area contributed by atoms with Gasteiger partial charge in [-0.25, -0.2) is 9.59 Å². The first kappa shape index (κ1) is 55.5. The molecule has 3 aromatic rings. The fourth-order valence-electron chi connectivity index (χ4n) is 11.9. The highest BCUT2D eigenvalue weighted by atomic mass is 32.2. The van der Waals surface area contributed by atoms with Crippen LogP contribution in [-0.4, -0.2) is 140 Å². The second kappa shape index (κ2) is 21.7. The average molecular weight is 1070 g/mol. The number of imide groups is 1. The van der Waals surface area contributed by atoms with E-state index in [2.05, 4.69) is 5.32 Å². The third-order valence-corrected chi connectivity index (χ3v) is 16.9. The summed E-state index contributed by atoms with van der Waals surface area (Å²) in [6.07, 6.45) is -11.8. The number of likely N-dealkylation sites (tertiary alicyclic amines) is 1. The van der Waals surface area contributed by atoms with Gasteiger partial charge in [-0.3, -0.25) is 38.5 Å². The van der Waals surface area contributed by atoms with Crippen molar-refractivity contribution in [2.75, 3.05) is 18.9 Å². The van der Waals surface area contributed by atoms with Gasteiger partial charge in [-0.1, -0.05) is 87.5 Å². The Morgan fingerprint density at radius 2 is 1.47 bits per heavy atom. The molecule has 0 aromatic heterocycles. The lowest BCUT2D eigenvalue weighted by Gasteiger charge is -2.67. The van der Waals surface area contributed by atoms with Gasteiger partial charge in [0.15, 0.2) is 17.5 Å². The summed E-state index contributed by atoms with van der Waals surface area (Å²) in [6, 6.07) is 22.3. The molecule has 0 spiro atoms. The molecule has 3 amide bonds. The predicted octanol–water partition coefficient (Wildman–Crippen LogP) is 4.56. The van der Waals surface area contributed by atoms with Crippen molar-refractivity contribution in [1.82, 2.24) is 10.2 Å². The number of ketones is 1. The van der Waals surface area contributed by atoms with Gasteiger partial charge in [0.1, 0.15) is 30.0 Å². The van der Waals surface area contributed by atoms with Gasteiger partial charge in [0.25, 0.3) is 5.91 Å². The zero-order chi connectivity index (χ0) is 55.1. The number of carbonyl (C=O) groups is 9. The van der Waals surface area contributed by atoms with E-state index in [0.717, 1.165) is 18.7 Å². The number of aliphatic hydroxyl groups excluding tert-OH is 1. The molecule has 20 heteroatoms. The lowest BCUT2D eigenvalue weighted by atomic mass is 9.44. The number of nitrogens with zero attached hydrogens (tertiary/aromatic N) is 1. The number of nitrogens with one attached hydrogen (secondary N) is 1. The lowest BCUT2D eigenvalue weighted by Crippen LogP contribution is -2.82. The molecule has 12 atom stereocenters. The van der Waals surface area contributed by atoms with Crippen LogP contribution in [0.1, 0.15) is 106 Å². The number of esters is 5. The number of amides is 3. The molecule has 2 aliphatic heterocycles. The summed E-state index contributed by atoms with van der Waals surface area (Å²) in [4.78, 5) is 127. The smallest absolute Gasteiger partial charge is 0.350 e. The molecule has 404 valence electrons. The maximum Gasteiger partial charge on any atom is 0.350 e. The van der Waals surface area contributed by atoms with Crippen LogP contribution in [0.15, 0.2) is 102 Å². The molecule has 3 aliphatic carbocycles. The molecule has 2 saturated heterocycles. The lowest BCUT2D eigenvalue weighted by molar-refractivity contribution is -0.346. The van der Waals surface area contributed by atoms with Crippen LogP contribution in [0, 0.1) is 16.7 Å².